The molecular weight excluding hydrogens is 274 g/mol. The van der Waals surface area contributed by atoms with Crippen LogP contribution in [0.2, 0.25) is 0 Å². The highest BCUT2D eigenvalue weighted by atomic mass is 16.3. The van der Waals surface area contributed by atoms with E-state index < -0.39 is 11.2 Å². The second-order valence-corrected chi connectivity index (χ2v) is 4.65. The molecule has 21 heavy (non-hydrogen) atoms. The lowest BCUT2D eigenvalue weighted by molar-refractivity contribution is 0.112. The number of anilines is 1. The van der Waals surface area contributed by atoms with Crippen molar-refractivity contribution in [3.8, 4) is 0 Å². The third kappa shape index (κ3) is 2.54. The van der Waals surface area contributed by atoms with Gasteiger partial charge < -0.3 is 9.32 Å². The summed E-state index contributed by atoms with van der Waals surface area (Å²) in [6.45, 7) is 2.76. The molecule has 2 heterocycles. The van der Waals surface area contributed by atoms with E-state index in [0.29, 0.717) is 31.0 Å². The van der Waals surface area contributed by atoms with Gasteiger partial charge in [0.15, 0.2) is 6.29 Å². The minimum absolute atomic E-state index is 0.0343. The zero-order valence-corrected chi connectivity index (χ0v) is 12.2. The van der Waals surface area contributed by atoms with Gasteiger partial charge in [0.25, 0.3) is 5.56 Å². The van der Waals surface area contributed by atoms with E-state index in [1.165, 1.54) is 18.7 Å². The summed E-state index contributed by atoms with van der Waals surface area (Å²) < 4.78 is 7.51. The van der Waals surface area contributed by atoms with Gasteiger partial charge in [0.1, 0.15) is 17.1 Å². The maximum Gasteiger partial charge on any atom is 0.332 e. The number of hydrogen-bond acceptors (Lipinski definition) is 5. The van der Waals surface area contributed by atoms with Gasteiger partial charge in [-0.3, -0.25) is 18.7 Å². The van der Waals surface area contributed by atoms with Crippen LogP contribution in [0.3, 0.4) is 0 Å². The highest BCUT2D eigenvalue weighted by Gasteiger charge is 2.20. The molecule has 0 N–H and O–H groups in total. The normalized spacial score (nSPS) is 10.6. The maximum absolute atomic E-state index is 12.1. The largest absolute Gasteiger partial charge is 0.467 e. The summed E-state index contributed by atoms with van der Waals surface area (Å²) in [7, 11) is 2.89. The van der Waals surface area contributed by atoms with Gasteiger partial charge in [0, 0.05) is 20.6 Å². The molecular formula is C14H17N3O4. The first-order valence-corrected chi connectivity index (χ1v) is 6.53. The number of aromatic nitrogens is 2. The molecule has 0 amide bonds. The van der Waals surface area contributed by atoms with Crippen molar-refractivity contribution in [2.75, 3.05) is 11.4 Å². The Morgan fingerprint density at radius 2 is 2.00 bits per heavy atom. The number of nitrogens with zero attached hydrogens (tertiary/aromatic N) is 3. The number of furan rings is 1. The number of carbonyl (C=O) groups excluding carboxylic acids is 1. The van der Waals surface area contributed by atoms with Crippen LogP contribution in [-0.2, 0) is 20.6 Å². The maximum atomic E-state index is 12.1. The fourth-order valence-corrected chi connectivity index (χ4v) is 2.27. The zero-order chi connectivity index (χ0) is 15.6. The van der Waals surface area contributed by atoms with Crippen LogP contribution in [0.5, 0.6) is 0 Å². The quantitative estimate of drug-likeness (QED) is 0.750. The smallest absolute Gasteiger partial charge is 0.332 e. The summed E-state index contributed by atoms with van der Waals surface area (Å²) >= 11 is 0. The van der Waals surface area contributed by atoms with Gasteiger partial charge in [0.2, 0.25) is 0 Å². The van der Waals surface area contributed by atoms with E-state index in [1.807, 2.05) is 6.92 Å². The standard InChI is InChI=1S/C14H17N3O4/c1-4-17(8-10-6-5-7-21-10)12-11(9-18)13(19)16(3)14(20)15(12)2/h5-7,9H,4,8H2,1-3H3. The molecule has 0 aromatic carbocycles. The molecule has 2 aromatic heterocycles. The fraction of sp³-hybridized carbons (Fsp3) is 0.357. The molecule has 0 saturated carbocycles. The first-order valence-electron chi connectivity index (χ1n) is 6.53. The molecule has 2 rings (SSSR count). The fourth-order valence-electron chi connectivity index (χ4n) is 2.27. The van der Waals surface area contributed by atoms with Crippen LogP contribution in [0.15, 0.2) is 32.4 Å². The Hall–Kier alpha value is -2.57. The van der Waals surface area contributed by atoms with Crippen molar-refractivity contribution in [2.45, 2.75) is 13.5 Å². The average molecular weight is 291 g/mol. The van der Waals surface area contributed by atoms with Gasteiger partial charge in [-0.05, 0) is 19.1 Å². The van der Waals surface area contributed by atoms with Crippen LogP contribution in [0, 0.1) is 0 Å². The molecule has 0 bridgehead atoms. The molecule has 2 aromatic rings. The summed E-state index contributed by atoms with van der Waals surface area (Å²) in [6, 6.07) is 3.55. The Bertz CT molecular complexity index is 756. The summed E-state index contributed by atoms with van der Waals surface area (Å²) in [5.74, 6) is 0.985. The second kappa shape index (κ2) is 5.82. The monoisotopic (exact) mass is 291 g/mol. The molecule has 7 nitrogen and oxygen atoms in total. The Morgan fingerprint density at radius 1 is 1.29 bits per heavy atom. The van der Waals surface area contributed by atoms with E-state index in [0.717, 1.165) is 4.57 Å². The lowest BCUT2D eigenvalue weighted by Gasteiger charge is -2.25. The summed E-state index contributed by atoms with van der Waals surface area (Å²) in [6.07, 6.45) is 2.04. The van der Waals surface area contributed by atoms with Crippen LogP contribution in [0.4, 0.5) is 5.82 Å². The summed E-state index contributed by atoms with van der Waals surface area (Å²) in [4.78, 5) is 37.2. The molecule has 0 saturated heterocycles. The van der Waals surface area contributed by atoms with Crippen molar-refractivity contribution in [1.82, 2.24) is 9.13 Å². The van der Waals surface area contributed by atoms with Gasteiger partial charge >= 0.3 is 5.69 Å². The second-order valence-electron chi connectivity index (χ2n) is 4.65. The van der Waals surface area contributed by atoms with Crippen molar-refractivity contribution in [2.24, 2.45) is 14.1 Å². The minimum Gasteiger partial charge on any atom is -0.467 e. The molecule has 0 aliphatic heterocycles. The third-order valence-electron chi connectivity index (χ3n) is 3.39. The number of hydrogen-bond donors (Lipinski definition) is 0. The summed E-state index contributed by atoms with van der Waals surface area (Å²) in [5.41, 5.74) is -1.10. The number of carbonyl (C=O) groups is 1. The SMILES string of the molecule is CCN(Cc1ccco1)c1c(C=O)c(=O)n(C)c(=O)n1C. The lowest BCUT2D eigenvalue weighted by atomic mass is 10.2. The minimum atomic E-state index is -0.596. The first-order chi connectivity index (χ1) is 10.0. The van der Waals surface area contributed by atoms with E-state index in [-0.39, 0.29) is 5.56 Å². The Labute approximate surface area is 121 Å². The van der Waals surface area contributed by atoms with Gasteiger partial charge in [-0.1, -0.05) is 0 Å². The molecule has 0 spiro atoms. The third-order valence-corrected chi connectivity index (χ3v) is 3.39. The highest BCUT2D eigenvalue weighted by molar-refractivity contribution is 5.82. The molecule has 0 aliphatic carbocycles. The van der Waals surface area contributed by atoms with Crippen molar-refractivity contribution >= 4 is 12.1 Å². The van der Waals surface area contributed by atoms with Crippen LogP contribution in [0.1, 0.15) is 23.0 Å². The van der Waals surface area contributed by atoms with Crippen molar-refractivity contribution in [1.29, 1.82) is 0 Å². The number of aldehydes is 1. The predicted octanol–water partition coefficient (Wildman–Crippen LogP) is 0.516. The molecule has 0 atom stereocenters. The van der Waals surface area contributed by atoms with E-state index in [2.05, 4.69) is 0 Å². The van der Waals surface area contributed by atoms with Crippen molar-refractivity contribution < 1.29 is 9.21 Å². The van der Waals surface area contributed by atoms with Gasteiger partial charge in [-0.15, -0.1) is 0 Å². The molecule has 0 radical (unpaired) electrons. The van der Waals surface area contributed by atoms with E-state index >= 15 is 0 Å². The first kappa shape index (κ1) is 14.8. The van der Waals surface area contributed by atoms with Crippen molar-refractivity contribution in [3.63, 3.8) is 0 Å². The van der Waals surface area contributed by atoms with Crippen LogP contribution < -0.4 is 16.1 Å². The topological polar surface area (TPSA) is 77.5 Å². The summed E-state index contributed by atoms with van der Waals surface area (Å²) in [5, 5.41) is 0. The molecule has 0 fully saturated rings. The van der Waals surface area contributed by atoms with Crippen LogP contribution in [0.25, 0.3) is 0 Å². The molecule has 7 heteroatoms. The van der Waals surface area contributed by atoms with Gasteiger partial charge in [-0.2, -0.15) is 0 Å². The zero-order valence-electron chi connectivity index (χ0n) is 12.2. The highest BCUT2D eigenvalue weighted by Crippen LogP contribution is 2.17. The van der Waals surface area contributed by atoms with Crippen LogP contribution >= 0.6 is 0 Å². The predicted molar refractivity (Wildman–Crippen MR) is 77.7 cm³/mol. The number of rotatable bonds is 5. The Kier molecular flexibility index (Phi) is 4.11. The lowest BCUT2D eigenvalue weighted by Crippen LogP contribution is -2.43. The Balaban J connectivity index is 2.63. The molecule has 112 valence electrons. The van der Waals surface area contributed by atoms with Crippen molar-refractivity contribution in [3.05, 3.63) is 50.6 Å². The van der Waals surface area contributed by atoms with Gasteiger partial charge in [0.05, 0.1) is 12.8 Å². The van der Waals surface area contributed by atoms with Crippen LogP contribution in [-0.4, -0.2) is 22.0 Å². The van der Waals surface area contributed by atoms with E-state index in [4.69, 9.17) is 4.42 Å². The van der Waals surface area contributed by atoms with Gasteiger partial charge in [-0.25, -0.2) is 4.79 Å². The molecule has 0 aliphatic rings. The van der Waals surface area contributed by atoms with E-state index in [1.54, 1.807) is 23.3 Å². The van der Waals surface area contributed by atoms with E-state index in [9.17, 15) is 14.4 Å². The average Bonchev–Trinajstić information content (AvgIpc) is 2.99. The molecule has 0 unspecified atom stereocenters. The Morgan fingerprint density at radius 3 is 2.52 bits per heavy atom.